The summed E-state index contributed by atoms with van der Waals surface area (Å²) in [5.74, 6) is -0.463. The molecule has 8 heteroatoms. The third kappa shape index (κ3) is 5.29. The lowest BCUT2D eigenvalue weighted by Crippen LogP contribution is -2.24. The Kier molecular flexibility index (Phi) is 6.18. The molecule has 0 fully saturated rings. The van der Waals surface area contributed by atoms with Crippen molar-refractivity contribution in [1.29, 1.82) is 0 Å². The van der Waals surface area contributed by atoms with Crippen LogP contribution in [0.1, 0.15) is 18.4 Å². The van der Waals surface area contributed by atoms with E-state index in [1.165, 1.54) is 11.3 Å². The molecular formula is C14H13Cl2N3O2S. The van der Waals surface area contributed by atoms with Crippen molar-refractivity contribution in [2.45, 2.75) is 19.4 Å². The van der Waals surface area contributed by atoms with E-state index >= 15 is 0 Å². The van der Waals surface area contributed by atoms with Gasteiger partial charge >= 0.3 is 0 Å². The maximum Gasteiger partial charge on any atom is 0.226 e. The molecule has 0 aliphatic rings. The summed E-state index contributed by atoms with van der Waals surface area (Å²) >= 11 is 13.1. The lowest BCUT2D eigenvalue weighted by Gasteiger charge is -2.07. The van der Waals surface area contributed by atoms with E-state index in [1.54, 1.807) is 29.8 Å². The molecule has 0 aliphatic carbocycles. The summed E-state index contributed by atoms with van der Waals surface area (Å²) in [6, 6.07) is 5.07. The van der Waals surface area contributed by atoms with Crippen LogP contribution in [0.3, 0.4) is 0 Å². The molecule has 1 aromatic carbocycles. The van der Waals surface area contributed by atoms with Gasteiger partial charge in [-0.15, -0.1) is 11.3 Å². The molecule has 1 aromatic heterocycles. The predicted molar refractivity (Wildman–Crippen MR) is 88.3 cm³/mol. The molecule has 22 heavy (non-hydrogen) atoms. The maximum absolute atomic E-state index is 11.7. The number of nitrogens with zero attached hydrogens (tertiary/aromatic N) is 1. The number of halogens is 2. The van der Waals surface area contributed by atoms with Crippen LogP contribution in [-0.2, 0) is 16.1 Å². The zero-order valence-corrected chi connectivity index (χ0v) is 13.8. The Bertz CT molecular complexity index is 662. The standard InChI is InChI=1S/C14H13Cl2N3O2S/c15-10-2-1-9(11(16)7-10)8-18-12(20)3-4-13(21)19-14-17-5-6-22-14/h1-2,5-7H,3-4,8H2,(H,18,20)(H,17,19,21). The smallest absolute Gasteiger partial charge is 0.226 e. The Morgan fingerprint density at radius 3 is 2.64 bits per heavy atom. The van der Waals surface area contributed by atoms with Gasteiger partial charge in [0.25, 0.3) is 0 Å². The van der Waals surface area contributed by atoms with Crippen molar-refractivity contribution >= 4 is 51.5 Å². The number of carbonyl (C=O) groups is 2. The highest BCUT2D eigenvalue weighted by atomic mass is 35.5. The highest BCUT2D eigenvalue weighted by Crippen LogP contribution is 2.20. The zero-order chi connectivity index (χ0) is 15.9. The molecule has 0 atom stereocenters. The van der Waals surface area contributed by atoms with Gasteiger partial charge in [0.15, 0.2) is 5.13 Å². The number of hydrogen-bond donors (Lipinski definition) is 2. The molecule has 0 radical (unpaired) electrons. The molecule has 0 aliphatic heterocycles. The number of hydrogen-bond acceptors (Lipinski definition) is 4. The van der Waals surface area contributed by atoms with Crippen LogP contribution in [0, 0.1) is 0 Å². The number of thiazole rings is 1. The van der Waals surface area contributed by atoms with Crippen LogP contribution in [0.2, 0.25) is 10.0 Å². The summed E-state index contributed by atoms with van der Waals surface area (Å²) in [4.78, 5) is 27.3. The predicted octanol–water partition coefficient (Wildman–Crippen LogP) is 3.49. The van der Waals surface area contributed by atoms with Gasteiger partial charge in [0.05, 0.1) is 0 Å². The molecular weight excluding hydrogens is 345 g/mol. The molecule has 2 rings (SSSR count). The summed E-state index contributed by atoms with van der Waals surface area (Å²) in [6.07, 6.45) is 1.80. The average Bonchev–Trinajstić information content (AvgIpc) is 2.97. The van der Waals surface area contributed by atoms with Crippen molar-refractivity contribution in [2.75, 3.05) is 5.32 Å². The van der Waals surface area contributed by atoms with Crippen molar-refractivity contribution in [3.05, 3.63) is 45.4 Å². The highest BCUT2D eigenvalue weighted by molar-refractivity contribution is 7.13. The highest BCUT2D eigenvalue weighted by Gasteiger charge is 2.09. The van der Waals surface area contributed by atoms with E-state index in [-0.39, 0.29) is 24.7 Å². The fraction of sp³-hybridized carbons (Fsp3) is 0.214. The Labute approximate surface area is 141 Å². The SMILES string of the molecule is O=C(CCC(=O)Nc1nccs1)NCc1ccc(Cl)cc1Cl. The lowest BCUT2D eigenvalue weighted by molar-refractivity contribution is -0.124. The third-order valence-corrected chi connectivity index (χ3v) is 4.02. The Morgan fingerprint density at radius 2 is 1.95 bits per heavy atom. The van der Waals surface area contributed by atoms with Crippen LogP contribution in [0.5, 0.6) is 0 Å². The van der Waals surface area contributed by atoms with E-state index in [0.29, 0.717) is 21.7 Å². The Hall–Kier alpha value is -1.63. The molecule has 0 unspecified atom stereocenters. The van der Waals surface area contributed by atoms with Gasteiger partial charge in [0.1, 0.15) is 0 Å². The zero-order valence-electron chi connectivity index (χ0n) is 11.4. The van der Waals surface area contributed by atoms with Gasteiger partial charge in [0, 0.05) is 41.0 Å². The fourth-order valence-electron chi connectivity index (χ4n) is 1.64. The van der Waals surface area contributed by atoms with Crippen LogP contribution < -0.4 is 10.6 Å². The quantitative estimate of drug-likeness (QED) is 0.831. The molecule has 1 heterocycles. The van der Waals surface area contributed by atoms with Gasteiger partial charge < -0.3 is 10.6 Å². The molecule has 0 saturated heterocycles. The lowest BCUT2D eigenvalue weighted by atomic mass is 10.2. The first kappa shape index (κ1) is 16.7. The van der Waals surface area contributed by atoms with E-state index in [2.05, 4.69) is 15.6 Å². The van der Waals surface area contributed by atoms with Gasteiger partial charge in [-0.05, 0) is 17.7 Å². The molecule has 0 bridgehead atoms. The van der Waals surface area contributed by atoms with E-state index in [0.717, 1.165) is 5.56 Å². The van der Waals surface area contributed by atoms with Gasteiger partial charge in [-0.1, -0.05) is 29.3 Å². The van der Waals surface area contributed by atoms with Crippen LogP contribution >= 0.6 is 34.5 Å². The van der Waals surface area contributed by atoms with E-state index in [1.807, 2.05) is 0 Å². The van der Waals surface area contributed by atoms with Gasteiger partial charge in [-0.25, -0.2) is 4.98 Å². The molecule has 2 aromatic rings. The van der Waals surface area contributed by atoms with Gasteiger partial charge in [-0.2, -0.15) is 0 Å². The minimum Gasteiger partial charge on any atom is -0.352 e. The normalized spacial score (nSPS) is 10.3. The number of carbonyl (C=O) groups excluding carboxylic acids is 2. The first-order valence-corrected chi connectivity index (χ1v) is 8.08. The molecule has 2 N–H and O–H groups in total. The Balaban J connectivity index is 1.72. The summed E-state index contributed by atoms with van der Waals surface area (Å²) in [7, 11) is 0. The summed E-state index contributed by atoms with van der Waals surface area (Å²) < 4.78 is 0. The van der Waals surface area contributed by atoms with Crippen molar-refractivity contribution in [3.63, 3.8) is 0 Å². The minimum atomic E-state index is -0.241. The van der Waals surface area contributed by atoms with Gasteiger partial charge in [0.2, 0.25) is 11.8 Å². The first-order chi connectivity index (χ1) is 10.5. The van der Waals surface area contributed by atoms with Crippen molar-refractivity contribution in [2.24, 2.45) is 0 Å². The second-order valence-electron chi connectivity index (χ2n) is 4.40. The molecule has 5 nitrogen and oxygen atoms in total. The van der Waals surface area contributed by atoms with Crippen LogP contribution in [0.25, 0.3) is 0 Å². The number of benzene rings is 1. The molecule has 2 amide bonds. The summed E-state index contributed by atoms with van der Waals surface area (Å²) in [5, 5.41) is 8.66. The number of anilines is 1. The van der Waals surface area contributed by atoms with Crippen LogP contribution in [0.15, 0.2) is 29.8 Å². The van der Waals surface area contributed by atoms with E-state index < -0.39 is 0 Å². The van der Waals surface area contributed by atoms with Crippen molar-refractivity contribution in [1.82, 2.24) is 10.3 Å². The van der Waals surface area contributed by atoms with Crippen LogP contribution in [0.4, 0.5) is 5.13 Å². The minimum absolute atomic E-state index is 0.0970. The van der Waals surface area contributed by atoms with E-state index in [4.69, 9.17) is 23.2 Å². The Morgan fingerprint density at radius 1 is 1.18 bits per heavy atom. The van der Waals surface area contributed by atoms with Gasteiger partial charge in [-0.3, -0.25) is 9.59 Å². The summed E-state index contributed by atoms with van der Waals surface area (Å²) in [6.45, 7) is 0.295. The summed E-state index contributed by atoms with van der Waals surface area (Å²) in [5.41, 5.74) is 0.770. The average molecular weight is 358 g/mol. The number of nitrogens with one attached hydrogen (secondary N) is 2. The fourth-order valence-corrected chi connectivity index (χ4v) is 2.66. The number of amides is 2. The third-order valence-electron chi connectivity index (χ3n) is 2.75. The topological polar surface area (TPSA) is 71.1 Å². The van der Waals surface area contributed by atoms with E-state index in [9.17, 15) is 9.59 Å². The first-order valence-electron chi connectivity index (χ1n) is 6.44. The molecule has 0 spiro atoms. The van der Waals surface area contributed by atoms with Crippen LogP contribution in [-0.4, -0.2) is 16.8 Å². The second kappa shape index (κ2) is 8.12. The molecule has 0 saturated carbocycles. The largest absolute Gasteiger partial charge is 0.352 e. The van der Waals surface area contributed by atoms with Crippen molar-refractivity contribution < 1.29 is 9.59 Å². The second-order valence-corrected chi connectivity index (χ2v) is 6.14. The number of rotatable bonds is 6. The monoisotopic (exact) mass is 357 g/mol. The van der Waals surface area contributed by atoms with Crippen molar-refractivity contribution in [3.8, 4) is 0 Å². The maximum atomic E-state index is 11.7. The number of aromatic nitrogens is 1. The molecule has 116 valence electrons.